The summed E-state index contributed by atoms with van der Waals surface area (Å²) in [6.07, 6.45) is 9.56. The van der Waals surface area contributed by atoms with Crippen molar-refractivity contribution >= 4 is 6.09 Å². The molecule has 1 amide bonds. The number of carbonyl (C=O) groups excluding carboxylic acids is 1. The summed E-state index contributed by atoms with van der Waals surface area (Å²) in [5, 5.41) is 17.8. The predicted octanol–water partition coefficient (Wildman–Crippen LogP) is 4.58. The number of nitrogens with one attached hydrogen (secondary N) is 2. The summed E-state index contributed by atoms with van der Waals surface area (Å²) in [7, 11) is 0. The van der Waals surface area contributed by atoms with Crippen molar-refractivity contribution in [3.8, 4) is 0 Å². The van der Waals surface area contributed by atoms with E-state index in [9.17, 15) is 9.90 Å². The first-order chi connectivity index (χ1) is 14.2. The Morgan fingerprint density at radius 1 is 1.17 bits per heavy atom. The zero-order valence-corrected chi connectivity index (χ0v) is 19.0. The van der Waals surface area contributed by atoms with Crippen molar-refractivity contribution in [3.05, 3.63) is 35.9 Å². The van der Waals surface area contributed by atoms with Gasteiger partial charge in [-0.1, -0.05) is 62.4 Å². The third-order valence-corrected chi connectivity index (χ3v) is 6.34. The Labute approximate surface area is 182 Å². The molecule has 2 atom stereocenters. The van der Waals surface area contributed by atoms with Gasteiger partial charge in [0.05, 0.1) is 12.1 Å². The highest BCUT2D eigenvalue weighted by Gasteiger charge is 2.38. The molecule has 0 heterocycles. The molecule has 0 spiro atoms. The second-order valence-electron chi connectivity index (χ2n) is 10.4. The summed E-state index contributed by atoms with van der Waals surface area (Å²) in [6, 6.07) is 9.59. The molecular formula is C25H40N2O3. The number of benzene rings is 1. The minimum atomic E-state index is -0.685. The maximum Gasteiger partial charge on any atom is 0.407 e. The molecule has 0 bridgehead atoms. The van der Waals surface area contributed by atoms with Gasteiger partial charge in [-0.05, 0) is 57.9 Å². The molecule has 2 fully saturated rings. The number of aliphatic hydroxyl groups is 1. The van der Waals surface area contributed by atoms with Crippen LogP contribution in [0, 0.1) is 5.92 Å². The number of alkyl carbamates (subject to hydrolysis) is 1. The van der Waals surface area contributed by atoms with Crippen LogP contribution in [-0.4, -0.2) is 41.0 Å². The van der Waals surface area contributed by atoms with Crippen LogP contribution in [0.25, 0.3) is 0 Å². The first-order valence-corrected chi connectivity index (χ1v) is 11.7. The van der Waals surface area contributed by atoms with E-state index in [-0.39, 0.29) is 5.54 Å². The number of rotatable bonds is 9. The molecule has 0 unspecified atom stereocenters. The Bertz CT molecular complexity index is 661. The molecule has 1 aromatic carbocycles. The average molecular weight is 417 g/mol. The molecule has 5 heteroatoms. The normalized spacial score (nSPS) is 20.9. The number of amides is 1. The van der Waals surface area contributed by atoms with E-state index < -0.39 is 23.8 Å². The van der Waals surface area contributed by atoms with Crippen molar-refractivity contribution < 1.29 is 14.6 Å². The Hall–Kier alpha value is -1.59. The van der Waals surface area contributed by atoms with Crippen LogP contribution < -0.4 is 10.6 Å². The summed E-state index contributed by atoms with van der Waals surface area (Å²) in [4.78, 5) is 12.4. The fourth-order valence-corrected chi connectivity index (χ4v) is 4.63. The van der Waals surface area contributed by atoms with E-state index >= 15 is 0 Å². The van der Waals surface area contributed by atoms with Crippen LogP contribution in [-0.2, 0) is 11.2 Å². The molecule has 0 saturated heterocycles. The fraction of sp³-hybridized carbons (Fsp3) is 0.720. The average Bonchev–Trinajstić information content (AvgIpc) is 3.49. The zero-order valence-electron chi connectivity index (χ0n) is 19.0. The lowest BCUT2D eigenvalue weighted by Crippen LogP contribution is -2.55. The van der Waals surface area contributed by atoms with Crippen LogP contribution in [0.15, 0.2) is 30.3 Å². The third-order valence-electron chi connectivity index (χ3n) is 6.34. The van der Waals surface area contributed by atoms with Crippen LogP contribution in [0.1, 0.15) is 77.7 Å². The molecule has 2 aliphatic rings. The summed E-state index contributed by atoms with van der Waals surface area (Å²) < 4.78 is 5.45. The predicted molar refractivity (Wildman–Crippen MR) is 120 cm³/mol. The Kier molecular flexibility index (Phi) is 7.81. The van der Waals surface area contributed by atoms with Crippen molar-refractivity contribution in [1.29, 1.82) is 0 Å². The molecule has 30 heavy (non-hydrogen) atoms. The molecular weight excluding hydrogens is 376 g/mol. The van der Waals surface area contributed by atoms with Crippen LogP contribution in [0.3, 0.4) is 0 Å². The lowest BCUT2D eigenvalue weighted by Gasteiger charge is -2.40. The van der Waals surface area contributed by atoms with Gasteiger partial charge in [0.1, 0.15) is 5.60 Å². The molecule has 5 nitrogen and oxygen atoms in total. The van der Waals surface area contributed by atoms with E-state index in [4.69, 9.17) is 4.74 Å². The minimum Gasteiger partial charge on any atom is -0.444 e. The van der Waals surface area contributed by atoms with Gasteiger partial charge in [0.15, 0.2) is 0 Å². The Morgan fingerprint density at radius 2 is 1.83 bits per heavy atom. The number of carbonyl (C=O) groups is 1. The largest absolute Gasteiger partial charge is 0.444 e. The first-order valence-electron chi connectivity index (χ1n) is 11.7. The van der Waals surface area contributed by atoms with Crippen molar-refractivity contribution in [2.45, 2.75) is 102 Å². The van der Waals surface area contributed by atoms with Crippen molar-refractivity contribution in [2.24, 2.45) is 5.92 Å². The van der Waals surface area contributed by atoms with E-state index in [1.54, 1.807) is 0 Å². The van der Waals surface area contributed by atoms with Gasteiger partial charge >= 0.3 is 6.09 Å². The van der Waals surface area contributed by atoms with E-state index in [0.29, 0.717) is 13.0 Å². The Morgan fingerprint density at radius 3 is 2.43 bits per heavy atom. The molecule has 3 N–H and O–H groups in total. The van der Waals surface area contributed by atoms with Gasteiger partial charge in [-0.15, -0.1) is 0 Å². The van der Waals surface area contributed by atoms with E-state index in [0.717, 1.165) is 11.5 Å². The molecule has 2 saturated carbocycles. The number of hydrogen-bond donors (Lipinski definition) is 3. The zero-order chi connectivity index (χ0) is 21.6. The molecule has 0 radical (unpaired) electrons. The van der Waals surface area contributed by atoms with E-state index in [1.165, 1.54) is 51.4 Å². The topological polar surface area (TPSA) is 70.6 Å². The quantitative estimate of drug-likeness (QED) is 0.551. The molecule has 0 aliphatic heterocycles. The number of hydrogen-bond acceptors (Lipinski definition) is 4. The van der Waals surface area contributed by atoms with Crippen molar-refractivity contribution in [2.75, 3.05) is 6.54 Å². The van der Waals surface area contributed by atoms with Gasteiger partial charge in [-0.2, -0.15) is 0 Å². The standard InChI is InChI=1S/C25H40N2O3/c1-24(2,3)30-23(29)27-21(16-19-10-6-4-7-11-19)22(28)18-26-25(17-20-12-13-20)14-8-5-9-15-25/h4,6-7,10-11,20-22,26,28H,5,8-9,12-18H2,1-3H3,(H,27,29)/t21-,22+/m0/s1. The molecule has 1 aromatic rings. The highest BCUT2D eigenvalue weighted by molar-refractivity contribution is 5.68. The van der Waals surface area contributed by atoms with Gasteiger partial charge in [-0.3, -0.25) is 0 Å². The maximum atomic E-state index is 12.4. The van der Waals surface area contributed by atoms with Crippen LogP contribution >= 0.6 is 0 Å². The van der Waals surface area contributed by atoms with E-state index in [2.05, 4.69) is 10.6 Å². The molecule has 2 aliphatic carbocycles. The molecule has 3 rings (SSSR count). The summed E-state index contributed by atoms with van der Waals surface area (Å²) in [5.74, 6) is 0.854. The lowest BCUT2D eigenvalue weighted by molar-refractivity contribution is 0.0406. The van der Waals surface area contributed by atoms with E-state index in [1.807, 2.05) is 51.1 Å². The van der Waals surface area contributed by atoms with Gasteiger partial charge in [0, 0.05) is 12.1 Å². The second kappa shape index (κ2) is 10.1. The summed E-state index contributed by atoms with van der Waals surface area (Å²) in [5.41, 5.74) is 0.674. The van der Waals surface area contributed by atoms with Gasteiger partial charge in [0.2, 0.25) is 0 Å². The minimum absolute atomic E-state index is 0.156. The van der Waals surface area contributed by atoms with Crippen LogP contribution in [0.4, 0.5) is 4.79 Å². The number of β-amino-alcohol motifs (C(OH)–C–C–N with tert-alkyl or cyclic N) is 1. The number of aliphatic hydroxyl groups excluding tert-OH is 1. The summed E-state index contributed by atoms with van der Waals surface area (Å²) in [6.45, 7) is 6.03. The molecule has 168 valence electrons. The Balaban J connectivity index is 1.63. The SMILES string of the molecule is CC(C)(C)OC(=O)N[C@@H](Cc1ccccc1)[C@H](O)CNC1(CC2CC2)CCCCC1. The summed E-state index contributed by atoms with van der Waals surface area (Å²) >= 11 is 0. The van der Waals surface area contributed by atoms with Gasteiger partial charge in [-0.25, -0.2) is 4.79 Å². The fourth-order valence-electron chi connectivity index (χ4n) is 4.63. The van der Waals surface area contributed by atoms with Crippen molar-refractivity contribution in [1.82, 2.24) is 10.6 Å². The second-order valence-corrected chi connectivity index (χ2v) is 10.4. The molecule has 0 aromatic heterocycles. The third kappa shape index (κ3) is 7.59. The van der Waals surface area contributed by atoms with Gasteiger partial charge < -0.3 is 20.5 Å². The number of ether oxygens (including phenoxy) is 1. The van der Waals surface area contributed by atoms with Crippen LogP contribution in [0.2, 0.25) is 0 Å². The highest BCUT2D eigenvalue weighted by atomic mass is 16.6. The van der Waals surface area contributed by atoms with Crippen LogP contribution in [0.5, 0.6) is 0 Å². The van der Waals surface area contributed by atoms with Gasteiger partial charge in [0.25, 0.3) is 0 Å². The highest BCUT2D eigenvalue weighted by Crippen LogP contribution is 2.42. The smallest absolute Gasteiger partial charge is 0.407 e. The maximum absolute atomic E-state index is 12.4. The lowest BCUT2D eigenvalue weighted by atomic mass is 9.77. The first kappa shape index (κ1) is 23.1. The monoisotopic (exact) mass is 416 g/mol. The van der Waals surface area contributed by atoms with Crippen molar-refractivity contribution in [3.63, 3.8) is 0 Å².